The van der Waals surface area contributed by atoms with Crippen molar-refractivity contribution in [2.75, 3.05) is 36.4 Å². The second-order valence-corrected chi connectivity index (χ2v) is 8.02. The van der Waals surface area contributed by atoms with E-state index in [1.165, 1.54) is 47.4 Å². The Morgan fingerprint density at radius 2 is 1.67 bits per heavy atom. The number of piperazine rings is 1. The summed E-state index contributed by atoms with van der Waals surface area (Å²) in [7, 11) is 0. The summed E-state index contributed by atoms with van der Waals surface area (Å²) in [6, 6.07) is 12.0. The third-order valence-electron chi connectivity index (χ3n) is 5.81. The maximum atomic E-state index is 13.9. The van der Waals surface area contributed by atoms with Crippen LogP contribution in [0.1, 0.15) is 32.0 Å². The van der Waals surface area contributed by atoms with Crippen LogP contribution in [0, 0.1) is 5.82 Å². The molecule has 0 aliphatic carbocycles. The Labute approximate surface area is 203 Å². The van der Waals surface area contributed by atoms with Crippen molar-refractivity contribution in [1.82, 2.24) is 15.1 Å². The van der Waals surface area contributed by atoms with Gasteiger partial charge in [-0.1, -0.05) is 18.2 Å². The van der Waals surface area contributed by atoms with Crippen LogP contribution in [0.3, 0.4) is 0 Å². The van der Waals surface area contributed by atoms with Gasteiger partial charge in [0, 0.05) is 44.0 Å². The van der Waals surface area contributed by atoms with Crippen molar-refractivity contribution in [1.29, 1.82) is 0 Å². The number of nitrogens with two attached hydrogens (primary N) is 1. The molecular formula is C24H22F4N6O2. The van der Waals surface area contributed by atoms with Gasteiger partial charge in [-0.2, -0.15) is 13.2 Å². The monoisotopic (exact) mass is 502 g/mol. The van der Waals surface area contributed by atoms with E-state index in [4.69, 9.17) is 5.73 Å². The van der Waals surface area contributed by atoms with Gasteiger partial charge < -0.3 is 20.9 Å². The van der Waals surface area contributed by atoms with Crippen molar-refractivity contribution in [3.05, 3.63) is 82.8 Å². The fourth-order valence-electron chi connectivity index (χ4n) is 3.91. The quantitative estimate of drug-likeness (QED) is 0.519. The van der Waals surface area contributed by atoms with Gasteiger partial charge >= 0.3 is 6.18 Å². The molecule has 0 saturated carbocycles. The fourth-order valence-corrected chi connectivity index (χ4v) is 3.91. The summed E-state index contributed by atoms with van der Waals surface area (Å²) in [6.07, 6.45) is -4.63. The minimum atomic E-state index is -4.63. The van der Waals surface area contributed by atoms with Crippen LogP contribution in [-0.4, -0.2) is 53.1 Å². The third kappa shape index (κ3) is 5.28. The molecule has 0 unspecified atom stereocenters. The topological polar surface area (TPSA) is 104 Å². The number of nitrogens with one attached hydrogen (secondary N) is 1. The summed E-state index contributed by atoms with van der Waals surface area (Å²) in [5.74, 6) is -1.36. The van der Waals surface area contributed by atoms with Crippen molar-refractivity contribution in [3.8, 4) is 0 Å². The van der Waals surface area contributed by atoms with E-state index >= 15 is 0 Å². The second kappa shape index (κ2) is 10.3. The zero-order chi connectivity index (χ0) is 25.9. The van der Waals surface area contributed by atoms with Gasteiger partial charge in [0.2, 0.25) is 0 Å². The molecule has 0 spiro atoms. The van der Waals surface area contributed by atoms with Crippen molar-refractivity contribution in [3.63, 3.8) is 0 Å². The molecule has 0 bridgehead atoms. The number of rotatable bonds is 5. The first-order chi connectivity index (χ1) is 17.2. The van der Waals surface area contributed by atoms with Gasteiger partial charge in [-0.05, 0) is 36.4 Å². The first-order valence-electron chi connectivity index (χ1n) is 11.0. The van der Waals surface area contributed by atoms with Gasteiger partial charge in [-0.15, -0.1) is 10.2 Å². The van der Waals surface area contributed by atoms with E-state index in [0.29, 0.717) is 18.9 Å². The predicted molar refractivity (Wildman–Crippen MR) is 124 cm³/mol. The predicted octanol–water partition coefficient (Wildman–Crippen LogP) is 3.31. The van der Waals surface area contributed by atoms with Gasteiger partial charge in [-0.25, -0.2) is 4.39 Å². The number of hydrogen-bond acceptors (Lipinski definition) is 6. The molecule has 1 fully saturated rings. The van der Waals surface area contributed by atoms with Crippen LogP contribution in [0.2, 0.25) is 0 Å². The normalized spacial score (nSPS) is 14.0. The summed E-state index contributed by atoms with van der Waals surface area (Å²) >= 11 is 0. The van der Waals surface area contributed by atoms with Crippen molar-refractivity contribution < 1.29 is 27.2 Å². The zero-order valence-electron chi connectivity index (χ0n) is 18.9. The highest BCUT2D eigenvalue weighted by Crippen LogP contribution is 2.32. The highest BCUT2D eigenvalue weighted by atomic mass is 19.4. The van der Waals surface area contributed by atoms with Crippen molar-refractivity contribution >= 4 is 23.3 Å². The van der Waals surface area contributed by atoms with Crippen LogP contribution in [-0.2, 0) is 12.7 Å². The number of halogens is 4. The van der Waals surface area contributed by atoms with E-state index in [0.717, 1.165) is 6.07 Å². The number of alkyl halides is 3. The molecule has 12 heteroatoms. The molecule has 2 heterocycles. The molecule has 3 N–H and O–H groups in total. The number of benzene rings is 2. The Kier molecular flexibility index (Phi) is 7.15. The van der Waals surface area contributed by atoms with E-state index < -0.39 is 29.4 Å². The molecule has 1 aromatic heterocycles. The zero-order valence-corrected chi connectivity index (χ0v) is 18.9. The summed E-state index contributed by atoms with van der Waals surface area (Å²) < 4.78 is 53.7. The van der Waals surface area contributed by atoms with Crippen LogP contribution in [0.4, 0.5) is 29.1 Å². The highest BCUT2D eigenvalue weighted by molar-refractivity contribution is 6.03. The molecule has 4 rings (SSSR count). The summed E-state index contributed by atoms with van der Waals surface area (Å²) in [5, 5.41) is 10.6. The molecule has 0 radical (unpaired) electrons. The minimum absolute atomic E-state index is 0.00329. The third-order valence-corrected chi connectivity index (χ3v) is 5.81. The molecule has 0 atom stereocenters. The van der Waals surface area contributed by atoms with Gasteiger partial charge in [-0.3, -0.25) is 9.59 Å². The molecule has 188 valence electrons. The Bertz CT molecular complexity index is 1260. The molecule has 1 saturated heterocycles. The van der Waals surface area contributed by atoms with E-state index in [1.54, 1.807) is 6.07 Å². The van der Waals surface area contributed by atoms with Gasteiger partial charge in [0.1, 0.15) is 5.82 Å². The maximum Gasteiger partial charge on any atom is 0.417 e. The van der Waals surface area contributed by atoms with Crippen molar-refractivity contribution in [2.45, 2.75) is 12.7 Å². The van der Waals surface area contributed by atoms with Crippen LogP contribution >= 0.6 is 0 Å². The molecular weight excluding hydrogens is 480 g/mol. The largest absolute Gasteiger partial charge is 0.417 e. The lowest BCUT2D eigenvalue weighted by atomic mass is 10.1. The lowest BCUT2D eigenvalue weighted by Crippen LogP contribution is -2.49. The van der Waals surface area contributed by atoms with Crippen LogP contribution in [0.25, 0.3) is 0 Å². The average molecular weight is 502 g/mol. The Hall–Kier alpha value is -4.06. The van der Waals surface area contributed by atoms with Crippen LogP contribution in [0.15, 0.2) is 54.6 Å². The number of aromatic nitrogens is 2. The van der Waals surface area contributed by atoms with Crippen LogP contribution in [0.5, 0.6) is 0 Å². The van der Waals surface area contributed by atoms with E-state index in [1.807, 2.05) is 4.90 Å². The first-order valence-corrected chi connectivity index (χ1v) is 11.0. The molecule has 1 aliphatic rings. The SMILES string of the molecule is NCc1c(F)cccc1NC(=O)c1ccc(N2CCN(C(=O)c3ccccc3C(F)(F)F)CC2)nn1. The fraction of sp³-hybridized carbons (Fsp3) is 0.250. The summed E-state index contributed by atoms with van der Waals surface area (Å²) in [4.78, 5) is 28.4. The standard InChI is InChI=1S/C24H22F4N6O2/c25-18-6-3-7-19(16(18)14-29)30-22(35)20-8-9-21(32-31-20)33-10-12-34(13-11-33)23(36)15-4-1-2-5-17(15)24(26,27)28/h1-9H,10-14,29H2,(H,30,35). The number of nitrogens with zero attached hydrogens (tertiary/aromatic N) is 4. The Morgan fingerprint density at radius 1 is 0.944 bits per heavy atom. The number of amides is 2. The molecule has 1 aliphatic heterocycles. The smallest absolute Gasteiger partial charge is 0.352 e. The van der Waals surface area contributed by atoms with E-state index in [-0.39, 0.29) is 42.1 Å². The van der Waals surface area contributed by atoms with Gasteiger partial charge in [0.25, 0.3) is 11.8 Å². The highest BCUT2D eigenvalue weighted by Gasteiger charge is 2.36. The number of carbonyl (C=O) groups is 2. The number of hydrogen-bond donors (Lipinski definition) is 2. The minimum Gasteiger partial charge on any atom is -0.352 e. The lowest BCUT2D eigenvalue weighted by molar-refractivity contribution is -0.138. The molecule has 2 aromatic carbocycles. The van der Waals surface area contributed by atoms with Gasteiger partial charge in [0.15, 0.2) is 11.5 Å². The van der Waals surface area contributed by atoms with E-state index in [9.17, 15) is 27.2 Å². The maximum absolute atomic E-state index is 13.9. The number of carbonyl (C=O) groups excluding carboxylic acids is 2. The van der Waals surface area contributed by atoms with E-state index in [2.05, 4.69) is 15.5 Å². The molecule has 2 amide bonds. The first kappa shape index (κ1) is 25.0. The summed E-state index contributed by atoms with van der Waals surface area (Å²) in [6.45, 7) is 0.933. The van der Waals surface area contributed by atoms with Crippen LogP contribution < -0.4 is 16.0 Å². The number of anilines is 2. The second-order valence-electron chi connectivity index (χ2n) is 8.02. The Morgan fingerprint density at radius 3 is 2.31 bits per heavy atom. The summed E-state index contributed by atoms with van der Waals surface area (Å²) in [5.41, 5.74) is 4.62. The lowest BCUT2D eigenvalue weighted by Gasteiger charge is -2.35. The molecule has 8 nitrogen and oxygen atoms in total. The molecule has 36 heavy (non-hydrogen) atoms. The molecule has 3 aromatic rings. The Balaban J connectivity index is 1.39. The van der Waals surface area contributed by atoms with Crippen molar-refractivity contribution in [2.24, 2.45) is 5.73 Å². The average Bonchev–Trinajstić information content (AvgIpc) is 2.88. The van der Waals surface area contributed by atoms with Gasteiger partial charge in [0.05, 0.1) is 11.1 Å².